The van der Waals surface area contributed by atoms with Gasteiger partial charge in [-0.15, -0.1) is 0 Å². The second kappa shape index (κ2) is 9.14. The summed E-state index contributed by atoms with van der Waals surface area (Å²) in [5.74, 6) is 0.888. The number of methoxy groups -OCH3 is 2. The molecule has 1 amide bonds. The first-order valence-corrected chi connectivity index (χ1v) is 10.3. The Morgan fingerprint density at radius 2 is 1.74 bits per heavy atom. The molecule has 0 bridgehead atoms. The third-order valence-corrected chi connectivity index (χ3v) is 5.72. The van der Waals surface area contributed by atoms with Gasteiger partial charge in [0.2, 0.25) is 0 Å². The minimum atomic E-state index is -0.225. The first-order valence-electron chi connectivity index (χ1n) is 9.93. The fraction of sp³-hybridized carbons (Fsp3) is 0.160. The third kappa shape index (κ3) is 4.09. The highest BCUT2D eigenvalue weighted by molar-refractivity contribution is 6.33. The van der Waals surface area contributed by atoms with E-state index in [0.29, 0.717) is 28.6 Å². The van der Waals surface area contributed by atoms with E-state index in [2.05, 4.69) is 16.4 Å². The lowest BCUT2D eigenvalue weighted by Gasteiger charge is -2.22. The standard InChI is InChI=1S/C25H23ClN2O3/c1-30-23-13-7-10-17(24(23)31-2)20(19-14-27-22-12-6-4-8-16(19)22)15-28-25(29)18-9-3-5-11-21(18)26/h3-14,20,27H,15H2,1-2H3,(H,28,29). The van der Waals surface area contributed by atoms with E-state index in [1.54, 1.807) is 38.5 Å². The SMILES string of the molecule is COc1cccc(C(CNC(=O)c2ccccc2Cl)c2c[nH]c3ccccc23)c1OC. The molecule has 1 heterocycles. The molecule has 0 saturated carbocycles. The summed E-state index contributed by atoms with van der Waals surface area (Å²) < 4.78 is 11.2. The van der Waals surface area contributed by atoms with Crippen molar-refractivity contribution in [3.05, 3.63) is 94.6 Å². The molecule has 158 valence electrons. The average Bonchev–Trinajstić information content (AvgIpc) is 3.23. The molecule has 2 N–H and O–H groups in total. The van der Waals surface area contributed by atoms with Crippen LogP contribution in [0.2, 0.25) is 5.02 Å². The Morgan fingerprint density at radius 3 is 2.52 bits per heavy atom. The predicted octanol–water partition coefficient (Wildman–Crippen LogP) is 5.40. The summed E-state index contributed by atoms with van der Waals surface area (Å²) in [4.78, 5) is 16.2. The maximum Gasteiger partial charge on any atom is 0.252 e. The van der Waals surface area contributed by atoms with Crippen molar-refractivity contribution in [2.24, 2.45) is 0 Å². The average molecular weight is 435 g/mol. The maximum atomic E-state index is 12.9. The second-order valence-corrected chi connectivity index (χ2v) is 7.52. The summed E-state index contributed by atoms with van der Waals surface area (Å²) in [5, 5.41) is 4.55. The number of para-hydroxylation sites is 2. The van der Waals surface area contributed by atoms with Crippen LogP contribution in [0.5, 0.6) is 11.5 Å². The van der Waals surface area contributed by atoms with Crippen LogP contribution in [-0.4, -0.2) is 31.7 Å². The summed E-state index contributed by atoms with van der Waals surface area (Å²) in [6.45, 7) is 0.357. The number of rotatable bonds is 7. The predicted molar refractivity (Wildman–Crippen MR) is 123 cm³/mol. The van der Waals surface area contributed by atoms with E-state index >= 15 is 0 Å². The molecule has 0 radical (unpaired) electrons. The Hall–Kier alpha value is -3.44. The molecule has 0 spiro atoms. The molecule has 1 atom stereocenters. The molecular weight excluding hydrogens is 412 g/mol. The number of H-pyrrole nitrogens is 1. The zero-order valence-corrected chi connectivity index (χ0v) is 18.1. The van der Waals surface area contributed by atoms with Gasteiger partial charge in [-0.05, 0) is 29.8 Å². The maximum absolute atomic E-state index is 12.9. The van der Waals surface area contributed by atoms with Crippen LogP contribution in [0.4, 0.5) is 0 Å². The number of carbonyl (C=O) groups excluding carboxylic acids is 1. The summed E-state index contributed by atoms with van der Waals surface area (Å²) in [5.41, 5.74) is 3.45. The van der Waals surface area contributed by atoms with Gasteiger partial charge in [0.05, 0.1) is 24.8 Å². The largest absolute Gasteiger partial charge is 0.493 e. The highest BCUT2D eigenvalue weighted by Crippen LogP contribution is 2.40. The number of halogens is 1. The molecule has 0 fully saturated rings. The molecule has 1 aromatic heterocycles. The molecule has 3 aromatic carbocycles. The van der Waals surface area contributed by atoms with Crippen molar-refractivity contribution >= 4 is 28.4 Å². The van der Waals surface area contributed by atoms with Crippen LogP contribution in [0.3, 0.4) is 0 Å². The van der Waals surface area contributed by atoms with E-state index in [0.717, 1.165) is 22.0 Å². The van der Waals surface area contributed by atoms with Crippen LogP contribution in [-0.2, 0) is 0 Å². The number of hydrogen-bond donors (Lipinski definition) is 2. The Bertz CT molecular complexity index is 1220. The van der Waals surface area contributed by atoms with Crippen LogP contribution in [0.25, 0.3) is 10.9 Å². The lowest BCUT2D eigenvalue weighted by Crippen LogP contribution is -2.29. The van der Waals surface area contributed by atoms with Crippen LogP contribution in [0, 0.1) is 0 Å². The number of aromatic amines is 1. The Labute approximate surface area is 186 Å². The van der Waals surface area contributed by atoms with Crippen molar-refractivity contribution in [3.63, 3.8) is 0 Å². The molecule has 0 aliphatic heterocycles. The monoisotopic (exact) mass is 434 g/mol. The quantitative estimate of drug-likeness (QED) is 0.409. The number of benzene rings is 3. The van der Waals surface area contributed by atoms with Gasteiger partial charge in [0.25, 0.3) is 5.91 Å². The minimum absolute atomic E-state index is 0.173. The summed E-state index contributed by atoms with van der Waals surface area (Å²) in [6, 6.07) is 20.9. The zero-order valence-electron chi connectivity index (χ0n) is 17.3. The highest BCUT2D eigenvalue weighted by atomic mass is 35.5. The van der Waals surface area contributed by atoms with Gasteiger partial charge in [-0.3, -0.25) is 4.79 Å². The molecule has 4 aromatic rings. The third-order valence-electron chi connectivity index (χ3n) is 5.39. The molecule has 1 unspecified atom stereocenters. The van der Waals surface area contributed by atoms with E-state index in [4.69, 9.17) is 21.1 Å². The van der Waals surface area contributed by atoms with Crippen molar-refractivity contribution in [1.29, 1.82) is 0 Å². The van der Waals surface area contributed by atoms with Crippen molar-refractivity contribution in [1.82, 2.24) is 10.3 Å². The fourth-order valence-electron chi connectivity index (χ4n) is 3.89. The van der Waals surface area contributed by atoms with Gasteiger partial charge in [-0.1, -0.05) is 54.1 Å². The molecule has 0 aliphatic carbocycles. The van der Waals surface area contributed by atoms with E-state index in [-0.39, 0.29) is 11.8 Å². The van der Waals surface area contributed by atoms with Crippen LogP contribution >= 0.6 is 11.6 Å². The highest BCUT2D eigenvalue weighted by Gasteiger charge is 2.24. The van der Waals surface area contributed by atoms with Crippen molar-refractivity contribution < 1.29 is 14.3 Å². The summed E-state index contributed by atoms with van der Waals surface area (Å²) >= 11 is 6.21. The smallest absolute Gasteiger partial charge is 0.252 e. The van der Waals surface area contributed by atoms with Crippen LogP contribution < -0.4 is 14.8 Å². The number of fused-ring (bicyclic) bond motifs is 1. The van der Waals surface area contributed by atoms with Crippen molar-refractivity contribution in [3.8, 4) is 11.5 Å². The molecular formula is C25H23ClN2O3. The van der Waals surface area contributed by atoms with Gasteiger partial charge in [0.1, 0.15) is 0 Å². The van der Waals surface area contributed by atoms with Crippen LogP contribution in [0.1, 0.15) is 27.4 Å². The lowest BCUT2D eigenvalue weighted by molar-refractivity contribution is 0.0952. The fourth-order valence-corrected chi connectivity index (χ4v) is 4.11. The van der Waals surface area contributed by atoms with Gasteiger partial charge >= 0.3 is 0 Å². The van der Waals surface area contributed by atoms with Gasteiger partial charge in [-0.25, -0.2) is 0 Å². The molecule has 5 nitrogen and oxygen atoms in total. The number of hydrogen-bond acceptors (Lipinski definition) is 3. The number of aromatic nitrogens is 1. The van der Waals surface area contributed by atoms with Gasteiger partial charge < -0.3 is 19.8 Å². The number of ether oxygens (including phenoxy) is 2. The number of nitrogens with one attached hydrogen (secondary N) is 2. The Kier molecular flexibility index (Phi) is 6.14. The second-order valence-electron chi connectivity index (χ2n) is 7.11. The first kappa shape index (κ1) is 20.8. The Balaban J connectivity index is 1.75. The van der Waals surface area contributed by atoms with Gasteiger partial charge in [0, 0.05) is 35.1 Å². The van der Waals surface area contributed by atoms with E-state index in [9.17, 15) is 4.79 Å². The van der Waals surface area contributed by atoms with E-state index < -0.39 is 0 Å². The molecule has 6 heteroatoms. The first-order chi connectivity index (χ1) is 15.1. The lowest BCUT2D eigenvalue weighted by atomic mass is 9.89. The topological polar surface area (TPSA) is 63.3 Å². The van der Waals surface area contributed by atoms with Gasteiger partial charge in [-0.2, -0.15) is 0 Å². The number of amides is 1. The van der Waals surface area contributed by atoms with E-state index in [1.165, 1.54) is 0 Å². The summed E-state index contributed by atoms with van der Waals surface area (Å²) in [6.07, 6.45) is 1.98. The van der Waals surface area contributed by atoms with Crippen LogP contribution in [0.15, 0.2) is 72.9 Å². The normalized spacial score (nSPS) is 11.8. The molecule has 4 rings (SSSR count). The minimum Gasteiger partial charge on any atom is -0.493 e. The number of carbonyl (C=O) groups is 1. The molecule has 31 heavy (non-hydrogen) atoms. The Morgan fingerprint density at radius 1 is 0.968 bits per heavy atom. The van der Waals surface area contributed by atoms with Crippen molar-refractivity contribution in [2.45, 2.75) is 5.92 Å². The molecule has 0 saturated heterocycles. The van der Waals surface area contributed by atoms with E-state index in [1.807, 2.05) is 42.6 Å². The van der Waals surface area contributed by atoms with Gasteiger partial charge in [0.15, 0.2) is 11.5 Å². The van der Waals surface area contributed by atoms with Crippen molar-refractivity contribution in [2.75, 3.05) is 20.8 Å². The summed E-state index contributed by atoms with van der Waals surface area (Å²) in [7, 11) is 3.23. The molecule has 0 aliphatic rings. The zero-order chi connectivity index (χ0) is 21.8.